The Morgan fingerprint density at radius 3 is 2.79 bits per heavy atom. The maximum absolute atomic E-state index is 13.3. The summed E-state index contributed by atoms with van der Waals surface area (Å²) in [7, 11) is 0. The summed E-state index contributed by atoms with van der Waals surface area (Å²) in [5.74, 6) is 0.600. The molecule has 4 aliphatic rings. The fraction of sp³-hybridized carbons (Fsp3) is 0.895. The third-order valence-corrected chi connectivity index (χ3v) is 7.36. The number of hydrogen-bond acceptors (Lipinski definition) is 6. The average molecular weight is 392 g/mol. The molecule has 0 radical (unpaired) electrons. The monoisotopic (exact) mass is 392 g/mol. The lowest BCUT2D eigenvalue weighted by Gasteiger charge is -2.49. The van der Waals surface area contributed by atoms with Crippen LogP contribution in [-0.2, 0) is 16.1 Å². The zero-order valence-corrected chi connectivity index (χ0v) is 16.2. The minimum absolute atomic E-state index is 0.0470. The lowest BCUT2D eigenvalue weighted by molar-refractivity contribution is -0.136. The first-order valence-corrected chi connectivity index (χ1v) is 10.6. The van der Waals surface area contributed by atoms with E-state index < -0.39 is 6.17 Å². The van der Waals surface area contributed by atoms with Gasteiger partial charge in [0.25, 0.3) is 0 Å². The first-order chi connectivity index (χ1) is 13.6. The van der Waals surface area contributed by atoms with Crippen LogP contribution in [0.2, 0.25) is 0 Å². The number of tetrazole rings is 1. The van der Waals surface area contributed by atoms with E-state index in [9.17, 15) is 9.18 Å². The lowest BCUT2D eigenvalue weighted by Crippen LogP contribution is -2.49. The molecule has 0 N–H and O–H groups in total. The number of likely N-dealkylation sites (tertiary alicyclic amines) is 2. The molecule has 0 bridgehead atoms. The molecular formula is C19H29FN6O2. The van der Waals surface area contributed by atoms with Crippen molar-refractivity contribution in [1.29, 1.82) is 0 Å². The number of amides is 1. The maximum Gasteiger partial charge on any atom is 0.244 e. The molecule has 154 valence electrons. The van der Waals surface area contributed by atoms with Gasteiger partial charge in [-0.25, -0.2) is 9.07 Å². The second-order valence-electron chi connectivity index (χ2n) is 9.23. The van der Waals surface area contributed by atoms with Crippen molar-refractivity contribution < 1.29 is 13.9 Å². The maximum atomic E-state index is 13.3. The molecule has 1 amide bonds. The molecule has 0 aromatic carbocycles. The second kappa shape index (κ2) is 7.33. The van der Waals surface area contributed by atoms with Crippen molar-refractivity contribution in [2.75, 3.05) is 32.7 Å². The van der Waals surface area contributed by atoms with Crippen molar-refractivity contribution in [3.63, 3.8) is 0 Å². The number of fused-ring (bicyclic) bond motifs is 1. The van der Waals surface area contributed by atoms with E-state index in [2.05, 4.69) is 20.4 Å². The van der Waals surface area contributed by atoms with E-state index in [-0.39, 0.29) is 24.7 Å². The molecule has 5 rings (SSSR count). The molecule has 1 aliphatic carbocycles. The van der Waals surface area contributed by atoms with Crippen LogP contribution in [0.3, 0.4) is 0 Å². The second-order valence-corrected chi connectivity index (χ2v) is 9.23. The minimum atomic E-state index is -0.556. The highest BCUT2D eigenvalue weighted by Crippen LogP contribution is 2.50. The van der Waals surface area contributed by atoms with Gasteiger partial charge < -0.3 is 14.5 Å². The summed E-state index contributed by atoms with van der Waals surface area (Å²) >= 11 is 0. The molecule has 4 fully saturated rings. The average Bonchev–Trinajstić information content (AvgIpc) is 3.30. The molecule has 9 heteroatoms. The van der Waals surface area contributed by atoms with Gasteiger partial charge in [-0.2, -0.15) is 0 Å². The van der Waals surface area contributed by atoms with Crippen molar-refractivity contribution in [2.45, 2.75) is 63.4 Å². The highest BCUT2D eigenvalue weighted by molar-refractivity contribution is 5.76. The van der Waals surface area contributed by atoms with Gasteiger partial charge in [0, 0.05) is 19.6 Å². The van der Waals surface area contributed by atoms with Gasteiger partial charge in [0.1, 0.15) is 19.0 Å². The summed E-state index contributed by atoms with van der Waals surface area (Å²) in [6.07, 6.45) is 7.22. The fourth-order valence-corrected chi connectivity index (χ4v) is 5.65. The number of piperidine rings is 2. The number of aromatic nitrogens is 4. The fourth-order valence-electron chi connectivity index (χ4n) is 5.65. The van der Waals surface area contributed by atoms with Crippen molar-refractivity contribution in [2.24, 2.45) is 11.3 Å². The molecule has 1 aromatic rings. The van der Waals surface area contributed by atoms with Crippen molar-refractivity contribution in [3.05, 3.63) is 6.33 Å². The largest absolute Gasteiger partial charge is 0.372 e. The number of alkyl halides is 1. The number of carbonyl (C=O) groups is 1. The summed E-state index contributed by atoms with van der Waals surface area (Å²) < 4.78 is 21.1. The molecule has 1 unspecified atom stereocenters. The van der Waals surface area contributed by atoms with Crippen LogP contribution in [0.15, 0.2) is 6.33 Å². The van der Waals surface area contributed by atoms with Crippen LogP contribution < -0.4 is 0 Å². The first-order valence-electron chi connectivity index (χ1n) is 10.6. The molecule has 1 spiro atoms. The molecule has 3 atom stereocenters. The van der Waals surface area contributed by atoms with Gasteiger partial charge >= 0.3 is 0 Å². The summed E-state index contributed by atoms with van der Waals surface area (Å²) in [6.45, 7) is 4.75. The summed E-state index contributed by atoms with van der Waals surface area (Å²) in [6, 6.07) is 0. The molecule has 1 saturated carbocycles. The summed E-state index contributed by atoms with van der Waals surface area (Å²) in [4.78, 5) is 16.9. The smallest absolute Gasteiger partial charge is 0.244 e. The standard InChI is InChI=1S/C19H29FN6O2/c20-15-8-19(9-15)2-5-24(6-3-19)10-16-7-14-1-4-25(11-17(14)28-16)18(27)12-26-13-21-22-23-26/h13-17H,1-12H2/t14-,16?,17-/m0/s1. The Bertz CT molecular complexity index is 685. The quantitative estimate of drug-likeness (QED) is 0.758. The highest BCUT2D eigenvalue weighted by Gasteiger charge is 2.47. The van der Waals surface area contributed by atoms with Crippen LogP contribution in [0.1, 0.15) is 38.5 Å². The number of nitrogens with zero attached hydrogens (tertiary/aromatic N) is 6. The number of carbonyl (C=O) groups excluding carboxylic acids is 1. The van der Waals surface area contributed by atoms with E-state index in [1.165, 1.54) is 11.0 Å². The highest BCUT2D eigenvalue weighted by atomic mass is 19.1. The molecule has 4 heterocycles. The van der Waals surface area contributed by atoms with Gasteiger partial charge in [-0.3, -0.25) is 4.79 Å². The summed E-state index contributed by atoms with van der Waals surface area (Å²) in [5, 5.41) is 10.9. The Labute approximate surface area is 164 Å². The Balaban J connectivity index is 1.09. The van der Waals surface area contributed by atoms with Crippen molar-refractivity contribution in [1.82, 2.24) is 30.0 Å². The first kappa shape index (κ1) is 18.4. The number of hydrogen-bond donors (Lipinski definition) is 0. The van der Waals surface area contributed by atoms with Crippen molar-refractivity contribution in [3.8, 4) is 0 Å². The van der Waals surface area contributed by atoms with Gasteiger partial charge in [-0.15, -0.1) is 5.10 Å². The zero-order chi connectivity index (χ0) is 19.1. The van der Waals surface area contributed by atoms with Crippen LogP contribution >= 0.6 is 0 Å². The molecular weight excluding hydrogens is 363 g/mol. The molecule has 8 nitrogen and oxygen atoms in total. The summed E-state index contributed by atoms with van der Waals surface area (Å²) in [5.41, 5.74) is 0.306. The van der Waals surface area contributed by atoms with Crippen LogP contribution in [0.25, 0.3) is 0 Å². The Hall–Kier alpha value is -1.61. The molecule has 28 heavy (non-hydrogen) atoms. The number of rotatable bonds is 4. The predicted octanol–water partition coefficient (Wildman–Crippen LogP) is 0.893. The van der Waals surface area contributed by atoms with E-state index in [1.807, 2.05) is 4.90 Å². The van der Waals surface area contributed by atoms with E-state index in [0.29, 0.717) is 17.9 Å². The number of halogens is 1. The predicted molar refractivity (Wildman–Crippen MR) is 98.0 cm³/mol. The van der Waals surface area contributed by atoms with Crippen molar-refractivity contribution >= 4 is 5.91 Å². The Kier molecular flexibility index (Phi) is 4.82. The minimum Gasteiger partial charge on any atom is -0.372 e. The lowest BCUT2D eigenvalue weighted by atomic mass is 9.62. The molecule has 3 saturated heterocycles. The third-order valence-electron chi connectivity index (χ3n) is 7.36. The van der Waals surface area contributed by atoms with E-state index in [1.54, 1.807) is 0 Å². The Morgan fingerprint density at radius 1 is 1.25 bits per heavy atom. The van der Waals surface area contributed by atoms with Gasteiger partial charge in [0.15, 0.2) is 0 Å². The van der Waals surface area contributed by atoms with Gasteiger partial charge in [-0.1, -0.05) is 0 Å². The van der Waals surface area contributed by atoms with Gasteiger partial charge in [0.05, 0.1) is 12.2 Å². The van der Waals surface area contributed by atoms with Crippen LogP contribution in [0, 0.1) is 11.3 Å². The van der Waals surface area contributed by atoms with E-state index in [0.717, 1.165) is 64.7 Å². The molecule has 3 aliphatic heterocycles. The van der Waals surface area contributed by atoms with E-state index in [4.69, 9.17) is 4.74 Å². The normalized spacial score (nSPS) is 33.0. The van der Waals surface area contributed by atoms with Crippen LogP contribution in [-0.4, -0.2) is 87.0 Å². The van der Waals surface area contributed by atoms with Crippen LogP contribution in [0.5, 0.6) is 0 Å². The Morgan fingerprint density at radius 2 is 2.07 bits per heavy atom. The van der Waals surface area contributed by atoms with Crippen LogP contribution in [0.4, 0.5) is 4.39 Å². The topological polar surface area (TPSA) is 76.4 Å². The molecule has 1 aromatic heterocycles. The van der Waals surface area contributed by atoms with Gasteiger partial charge in [0.2, 0.25) is 5.91 Å². The third kappa shape index (κ3) is 3.66. The SMILES string of the molecule is O=C(Cn1cnnn1)N1CC[C@H]2CC(CN3CCC4(CC3)CC(F)C4)O[C@H]2C1. The number of ether oxygens (including phenoxy) is 1. The zero-order valence-electron chi connectivity index (χ0n) is 16.2. The van der Waals surface area contributed by atoms with Gasteiger partial charge in [-0.05, 0) is 73.4 Å². The van der Waals surface area contributed by atoms with E-state index >= 15 is 0 Å².